The molecule has 104 valence electrons. The first kappa shape index (κ1) is 16.7. The van der Waals surface area contributed by atoms with Gasteiger partial charge in [0, 0.05) is 0 Å². The summed E-state index contributed by atoms with van der Waals surface area (Å²) >= 11 is 0. The van der Waals surface area contributed by atoms with E-state index < -0.39 is 33.3 Å². The van der Waals surface area contributed by atoms with Crippen molar-refractivity contribution in [2.24, 2.45) is 0 Å². The molecule has 0 aliphatic rings. The molecule has 0 saturated carbocycles. The fourth-order valence-electron chi connectivity index (χ4n) is 0.578. The van der Waals surface area contributed by atoms with E-state index in [-0.39, 0.29) is 0 Å². The number of hydrogen-bond donors (Lipinski definition) is 0. The number of alkyl halides is 6. The maximum atomic E-state index is 11.8. The van der Waals surface area contributed by atoms with Gasteiger partial charge in [-0.2, -0.15) is 26.3 Å². The lowest BCUT2D eigenvalue weighted by molar-refractivity contribution is -0.167. The Bertz CT molecular complexity index is 266. The lowest BCUT2D eigenvalue weighted by atomic mass is 10.7. The first-order valence-electron chi connectivity index (χ1n) is 4.06. The van der Waals surface area contributed by atoms with Crippen LogP contribution in [0.2, 0.25) is 0 Å². The van der Waals surface area contributed by atoms with Crippen LogP contribution in [0.1, 0.15) is 0 Å². The van der Waals surface area contributed by atoms with Gasteiger partial charge >= 0.3 is 20.1 Å². The van der Waals surface area contributed by atoms with Crippen LogP contribution in [0.3, 0.4) is 0 Å². The van der Waals surface area contributed by atoms with Gasteiger partial charge in [-0.05, 0) is 14.1 Å². The van der Waals surface area contributed by atoms with Crippen molar-refractivity contribution in [2.45, 2.75) is 12.4 Å². The zero-order valence-electron chi connectivity index (χ0n) is 8.80. The lowest BCUT2D eigenvalue weighted by Gasteiger charge is -2.24. The van der Waals surface area contributed by atoms with Crippen molar-refractivity contribution < 1.29 is 40.0 Å². The van der Waals surface area contributed by atoms with Crippen LogP contribution in [-0.2, 0) is 13.6 Å². The molecule has 0 bridgehead atoms. The molecule has 0 aliphatic carbocycles. The molecule has 0 aromatic heterocycles. The van der Waals surface area contributed by atoms with Gasteiger partial charge in [-0.15, -0.1) is 0 Å². The van der Waals surface area contributed by atoms with Crippen molar-refractivity contribution in [3.63, 3.8) is 0 Å². The van der Waals surface area contributed by atoms with Crippen molar-refractivity contribution in [3.05, 3.63) is 0 Å². The van der Waals surface area contributed by atoms with Crippen LogP contribution in [0.15, 0.2) is 0 Å². The summed E-state index contributed by atoms with van der Waals surface area (Å²) in [6.45, 7) is -3.92. The summed E-state index contributed by atoms with van der Waals surface area (Å²) < 4.78 is 90.5. The van der Waals surface area contributed by atoms with Crippen molar-refractivity contribution in [2.75, 3.05) is 27.3 Å². The highest BCUT2D eigenvalue weighted by Gasteiger charge is 2.39. The second kappa shape index (κ2) is 5.55. The molecule has 0 rings (SSSR count). The highest BCUT2D eigenvalue weighted by molar-refractivity contribution is 7.51. The Hall–Kier alpha value is -0.310. The fraction of sp³-hybridized carbons (Fsp3) is 1.00. The largest absolute Gasteiger partial charge is 0.412 e. The minimum absolute atomic E-state index is 0.532. The zero-order chi connectivity index (χ0) is 13.9. The van der Waals surface area contributed by atoms with Crippen LogP contribution < -0.4 is 0 Å². The summed E-state index contributed by atoms with van der Waals surface area (Å²) in [7, 11) is -2.63. The van der Waals surface area contributed by atoms with E-state index in [1.165, 1.54) is 0 Å². The maximum Gasteiger partial charge on any atom is 0.412 e. The van der Waals surface area contributed by atoms with Crippen LogP contribution in [0.5, 0.6) is 0 Å². The number of halogens is 6. The van der Waals surface area contributed by atoms with Crippen LogP contribution >= 0.6 is 7.75 Å². The minimum atomic E-state index is -4.81. The monoisotopic (exact) mass is 289 g/mol. The molecule has 17 heavy (non-hydrogen) atoms. The van der Waals surface area contributed by atoms with Gasteiger partial charge in [0.05, 0.1) is 0 Å². The van der Waals surface area contributed by atoms with Crippen LogP contribution in [0, 0.1) is 0 Å². The van der Waals surface area contributed by atoms with Gasteiger partial charge < -0.3 is 0 Å². The van der Waals surface area contributed by atoms with Gasteiger partial charge in [-0.1, -0.05) is 0 Å². The Balaban J connectivity index is 4.54. The topological polar surface area (TPSA) is 38.8 Å². The Morgan fingerprint density at radius 1 is 0.941 bits per heavy atom. The molecule has 0 N–H and O–H groups in total. The summed E-state index contributed by atoms with van der Waals surface area (Å²) in [6, 6.07) is 0. The molecule has 0 atom stereocenters. The van der Waals surface area contributed by atoms with Crippen LogP contribution in [-0.4, -0.2) is 44.3 Å². The zero-order valence-corrected chi connectivity index (χ0v) is 9.70. The lowest BCUT2D eigenvalue weighted by Crippen LogP contribution is -2.24. The molecule has 11 heteroatoms. The van der Waals surface area contributed by atoms with E-state index in [9.17, 15) is 30.9 Å². The summed E-state index contributed by atoms with van der Waals surface area (Å²) in [4.78, 5) is 0. The van der Waals surface area contributed by atoms with E-state index in [0.29, 0.717) is 4.67 Å². The third-order valence-corrected chi connectivity index (χ3v) is 3.16. The van der Waals surface area contributed by atoms with Crippen molar-refractivity contribution in [1.82, 2.24) is 4.67 Å². The Kier molecular flexibility index (Phi) is 5.45. The Labute approximate surface area is 93.1 Å². The number of rotatable bonds is 5. The van der Waals surface area contributed by atoms with Gasteiger partial charge in [0.15, 0.2) is 13.2 Å². The Morgan fingerprint density at radius 2 is 1.24 bits per heavy atom. The predicted octanol–water partition coefficient (Wildman–Crippen LogP) is 2.81. The molecule has 0 aromatic carbocycles. The Morgan fingerprint density at radius 3 is 1.41 bits per heavy atom. The molecule has 4 nitrogen and oxygen atoms in total. The fourth-order valence-corrected chi connectivity index (χ4v) is 1.73. The summed E-state index contributed by atoms with van der Waals surface area (Å²) in [6.07, 6.45) is -9.62. The molecule has 0 aliphatic heterocycles. The molecular formula is C6H10F6NO3P. The third-order valence-electron chi connectivity index (χ3n) is 1.27. The van der Waals surface area contributed by atoms with Gasteiger partial charge in [0.25, 0.3) is 0 Å². The van der Waals surface area contributed by atoms with E-state index in [4.69, 9.17) is 0 Å². The van der Waals surface area contributed by atoms with E-state index in [0.717, 1.165) is 14.1 Å². The van der Waals surface area contributed by atoms with Crippen LogP contribution in [0.4, 0.5) is 26.3 Å². The molecule has 0 aromatic rings. The van der Waals surface area contributed by atoms with Gasteiger partial charge in [-0.3, -0.25) is 9.05 Å². The second-order valence-electron chi connectivity index (χ2n) is 3.09. The van der Waals surface area contributed by atoms with Crippen molar-refractivity contribution in [3.8, 4) is 0 Å². The standard InChI is InChI=1S/C6H10F6NO3P/c1-13(2)17(14,15-3-5(7,8)9)16-4-6(10,11)12/h3-4H2,1-2H3. The molecule has 0 heterocycles. The highest BCUT2D eigenvalue weighted by Crippen LogP contribution is 2.51. The SMILES string of the molecule is CN(C)P(=O)(OCC(F)(F)F)OCC(F)(F)F. The minimum Gasteiger partial charge on any atom is -0.287 e. The highest BCUT2D eigenvalue weighted by atomic mass is 31.2. The predicted molar refractivity (Wildman–Crippen MR) is 45.3 cm³/mol. The van der Waals surface area contributed by atoms with Crippen LogP contribution in [0.25, 0.3) is 0 Å². The number of nitrogens with zero attached hydrogens (tertiary/aromatic N) is 1. The van der Waals surface area contributed by atoms with E-state index >= 15 is 0 Å². The van der Waals surface area contributed by atoms with Gasteiger partial charge in [-0.25, -0.2) is 9.24 Å². The molecule has 0 fully saturated rings. The van der Waals surface area contributed by atoms with E-state index in [2.05, 4.69) is 9.05 Å². The quantitative estimate of drug-likeness (QED) is 0.576. The maximum absolute atomic E-state index is 11.8. The molecule has 0 radical (unpaired) electrons. The first-order chi connectivity index (χ1) is 7.36. The first-order valence-corrected chi connectivity index (χ1v) is 5.56. The molecule has 0 saturated heterocycles. The molecular weight excluding hydrogens is 279 g/mol. The number of hydrogen-bond acceptors (Lipinski definition) is 3. The average Bonchev–Trinajstić information content (AvgIpc) is 2.09. The van der Waals surface area contributed by atoms with Crippen molar-refractivity contribution in [1.29, 1.82) is 0 Å². The van der Waals surface area contributed by atoms with E-state index in [1.807, 2.05) is 0 Å². The van der Waals surface area contributed by atoms with Crippen molar-refractivity contribution >= 4 is 7.75 Å². The summed E-state index contributed by atoms with van der Waals surface area (Å²) in [5, 5.41) is 0. The molecule has 0 unspecified atom stereocenters. The molecule has 0 amide bonds. The average molecular weight is 289 g/mol. The second-order valence-corrected chi connectivity index (χ2v) is 5.35. The molecule has 0 spiro atoms. The van der Waals surface area contributed by atoms with Gasteiger partial charge in [0.1, 0.15) is 0 Å². The summed E-state index contributed by atoms with van der Waals surface area (Å²) in [5.74, 6) is 0. The smallest absolute Gasteiger partial charge is 0.287 e. The summed E-state index contributed by atoms with van der Waals surface area (Å²) in [5.41, 5.74) is 0. The third kappa shape index (κ3) is 7.58. The normalized spacial score (nSPS) is 14.4. The van der Waals surface area contributed by atoms with Gasteiger partial charge in [0.2, 0.25) is 0 Å². The van der Waals surface area contributed by atoms with E-state index in [1.54, 1.807) is 0 Å².